The summed E-state index contributed by atoms with van der Waals surface area (Å²) in [5.41, 5.74) is 0.521. The Labute approximate surface area is 194 Å². The Balaban J connectivity index is 1.47. The van der Waals surface area contributed by atoms with Crippen LogP contribution in [0.5, 0.6) is 0 Å². The molecule has 3 rings (SSSR count). The number of carbonyl (C=O) groups excluding carboxylic acids is 1. The first-order valence-corrected chi connectivity index (χ1v) is 14.1. The fourth-order valence-electron chi connectivity index (χ4n) is 4.11. The molecule has 0 aromatic heterocycles. The Morgan fingerprint density at radius 1 is 1.13 bits per heavy atom. The van der Waals surface area contributed by atoms with Crippen LogP contribution in [0.15, 0.2) is 18.2 Å². The van der Waals surface area contributed by atoms with Crippen molar-refractivity contribution in [2.45, 2.75) is 55.9 Å². The summed E-state index contributed by atoms with van der Waals surface area (Å²) in [6, 6.07) is 4.82. The van der Waals surface area contributed by atoms with E-state index in [1.54, 1.807) is 18.2 Å². The number of amides is 1. The average molecular weight is 494 g/mol. The topological polar surface area (TPSA) is 66.5 Å². The second-order valence-corrected chi connectivity index (χ2v) is 12.3. The molecule has 1 aromatic carbocycles. The number of hydrogen-bond donors (Lipinski definition) is 1. The lowest BCUT2D eigenvalue weighted by Gasteiger charge is -2.31. The lowest BCUT2D eigenvalue weighted by molar-refractivity contribution is -0.125. The van der Waals surface area contributed by atoms with Crippen LogP contribution in [0.2, 0.25) is 10.0 Å². The highest BCUT2D eigenvalue weighted by Crippen LogP contribution is 2.28. The van der Waals surface area contributed by atoms with Gasteiger partial charge in [0.25, 0.3) is 0 Å². The predicted molar refractivity (Wildman–Crippen MR) is 126 cm³/mol. The molecule has 30 heavy (non-hydrogen) atoms. The molecule has 1 saturated heterocycles. The number of hydrogen-bond acceptors (Lipinski definition) is 4. The molecule has 1 saturated carbocycles. The maximum absolute atomic E-state index is 12.9. The Kier molecular flexibility index (Phi) is 9.20. The van der Waals surface area contributed by atoms with Gasteiger partial charge in [-0.05, 0) is 43.4 Å². The molecule has 0 radical (unpaired) electrons. The van der Waals surface area contributed by atoms with E-state index in [0.29, 0.717) is 35.1 Å². The number of benzene rings is 1. The first-order valence-electron chi connectivity index (χ1n) is 10.7. The maximum atomic E-state index is 12.9. The molecule has 168 valence electrons. The summed E-state index contributed by atoms with van der Waals surface area (Å²) in [7, 11) is -3.56. The van der Waals surface area contributed by atoms with Crippen molar-refractivity contribution < 1.29 is 13.2 Å². The Morgan fingerprint density at radius 2 is 1.90 bits per heavy atom. The van der Waals surface area contributed by atoms with Crippen LogP contribution in [0, 0.1) is 5.92 Å². The van der Waals surface area contributed by atoms with Gasteiger partial charge in [0.15, 0.2) is 0 Å². The van der Waals surface area contributed by atoms with Crippen molar-refractivity contribution in [1.82, 2.24) is 9.62 Å². The molecule has 2 aliphatic rings. The molecule has 1 N–H and O–H groups in total. The summed E-state index contributed by atoms with van der Waals surface area (Å²) in [5.74, 6) is 0.396. The smallest absolute Gasteiger partial charge is 0.224 e. The van der Waals surface area contributed by atoms with Crippen molar-refractivity contribution in [1.29, 1.82) is 0 Å². The molecule has 5 nitrogen and oxygen atoms in total. The van der Waals surface area contributed by atoms with E-state index in [4.69, 9.17) is 23.2 Å². The molecule has 9 heteroatoms. The fraction of sp³-hybridized carbons (Fsp3) is 0.667. The van der Waals surface area contributed by atoms with Gasteiger partial charge in [0.2, 0.25) is 15.9 Å². The minimum absolute atomic E-state index is 0.0383. The fourth-order valence-corrected chi connectivity index (χ4v) is 7.53. The van der Waals surface area contributed by atoms with E-state index < -0.39 is 10.0 Å². The summed E-state index contributed by atoms with van der Waals surface area (Å²) in [5, 5.41) is 4.55. The van der Waals surface area contributed by atoms with E-state index in [1.165, 1.54) is 36.4 Å². The van der Waals surface area contributed by atoms with Crippen LogP contribution in [0.3, 0.4) is 0 Å². The summed E-state index contributed by atoms with van der Waals surface area (Å²) >= 11 is 14.0. The van der Waals surface area contributed by atoms with Crippen LogP contribution in [0.25, 0.3) is 0 Å². The van der Waals surface area contributed by atoms with Crippen molar-refractivity contribution >= 4 is 50.9 Å². The van der Waals surface area contributed by atoms with Crippen LogP contribution in [0.4, 0.5) is 0 Å². The van der Waals surface area contributed by atoms with E-state index in [0.717, 1.165) is 17.4 Å². The first kappa shape index (κ1) is 24.2. The van der Waals surface area contributed by atoms with E-state index in [-0.39, 0.29) is 24.1 Å². The van der Waals surface area contributed by atoms with Crippen molar-refractivity contribution in [3.05, 3.63) is 33.8 Å². The third-order valence-electron chi connectivity index (χ3n) is 5.81. The van der Waals surface area contributed by atoms with E-state index in [2.05, 4.69) is 5.32 Å². The van der Waals surface area contributed by atoms with E-state index >= 15 is 0 Å². The first-order chi connectivity index (χ1) is 14.3. The van der Waals surface area contributed by atoms with Gasteiger partial charge in [-0.3, -0.25) is 4.79 Å². The molecule has 1 aromatic rings. The summed E-state index contributed by atoms with van der Waals surface area (Å²) in [6.45, 7) is 1.31. The molecule has 0 bridgehead atoms. The maximum Gasteiger partial charge on any atom is 0.224 e. The van der Waals surface area contributed by atoms with Gasteiger partial charge in [-0.25, -0.2) is 12.7 Å². The molecule has 1 aliphatic heterocycles. The van der Waals surface area contributed by atoms with Gasteiger partial charge in [-0.1, -0.05) is 48.5 Å². The second-order valence-electron chi connectivity index (χ2n) is 8.11. The third-order valence-corrected chi connectivity index (χ3v) is 9.57. The van der Waals surface area contributed by atoms with Crippen molar-refractivity contribution in [2.75, 3.05) is 25.4 Å². The average Bonchev–Trinajstić information content (AvgIpc) is 2.74. The number of sulfonamides is 1. The lowest BCUT2D eigenvalue weighted by atomic mass is 9.99. The van der Waals surface area contributed by atoms with Crippen molar-refractivity contribution in [3.8, 4) is 0 Å². The summed E-state index contributed by atoms with van der Waals surface area (Å²) < 4.78 is 27.2. The van der Waals surface area contributed by atoms with Crippen LogP contribution in [0.1, 0.15) is 50.5 Å². The summed E-state index contributed by atoms with van der Waals surface area (Å²) in [4.78, 5) is 12.6. The van der Waals surface area contributed by atoms with E-state index in [9.17, 15) is 13.2 Å². The van der Waals surface area contributed by atoms with Gasteiger partial charge in [-0.15, -0.1) is 0 Å². The number of thioether (sulfide) groups is 1. The van der Waals surface area contributed by atoms with Gasteiger partial charge in [0.1, 0.15) is 0 Å². The van der Waals surface area contributed by atoms with Gasteiger partial charge in [0.05, 0.1) is 11.7 Å². The van der Waals surface area contributed by atoms with Crippen LogP contribution in [-0.2, 0) is 20.6 Å². The Hall–Kier alpha value is -0.470. The SMILES string of the molecule is O=C(NCCSC1CCCCC1)C1CCCN(S(=O)(=O)Cc2ccc(Cl)cc2Cl)C1. The highest BCUT2D eigenvalue weighted by molar-refractivity contribution is 7.99. The number of piperidine rings is 1. The normalized spacial score (nSPS) is 21.5. The number of carbonyl (C=O) groups is 1. The predicted octanol–water partition coefficient (Wildman–Crippen LogP) is 4.72. The molecule has 1 heterocycles. The molecule has 0 spiro atoms. The van der Waals surface area contributed by atoms with Crippen molar-refractivity contribution in [2.24, 2.45) is 5.92 Å². The van der Waals surface area contributed by atoms with Crippen LogP contribution in [-0.4, -0.2) is 49.3 Å². The standard InChI is InChI=1S/C21H30Cl2N2O3S2/c22-18-9-8-17(20(23)13-18)15-30(27,28)25-11-4-5-16(14-25)21(26)24-10-12-29-19-6-2-1-3-7-19/h8-9,13,16,19H,1-7,10-12,14-15H2,(H,24,26). The van der Waals surface area contributed by atoms with Crippen molar-refractivity contribution in [3.63, 3.8) is 0 Å². The third kappa shape index (κ3) is 7.02. The number of nitrogens with zero attached hydrogens (tertiary/aromatic N) is 1. The molecular weight excluding hydrogens is 463 g/mol. The highest BCUT2D eigenvalue weighted by atomic mass is 35.5. The second kappa shape index (κ2) is 11.4. The molecule has 2 fully saturated rings. The summed E-state index contributed by atoms with van der Waals surface area (Å²) in [6.07, 6.45) is 7.95. The minimum atomic E-state index is -3.56. The quantitative estimate of drug-likeness (QED) is 0.533. The zero-order valence-electron chi connectivity index (χ0n) is 17.1. The Morgan fingerprint density at radius 3 is 2.63 bits per heavy atom. The zero-order valence-corrected chi connectivity index (χ0v) is 20.3. The minimum Gasteiger partial charge on any atom is -0.355 e. The van der Waals surface area contributed by atoms with Crippen LogP contribution >= 0.6 is 35.0 Å². The largest absolute Gasteiger partial charge is 0.355 e. The lowest BCUT2D eigenvalue weighted by Crippen LogP contribution is -2.46. The van der Waals surface area contributed by atoms with Gasteiger partial charge in [0, 0.05) is 40.7 Å². The number of halogens is 2. The monoisotopic (exact) mass is 492 g/mol. The van der Waals surface area contributed by atoms with Gasteiger partial charge in [-0.2, -0.15) is 11.8 Å². The number of nitrogens with one attached hydrogen (secondary N) is 1. The van der Waals surface area contributed by atoms with Crippen LogP contribution < -0.4 is 5.32 Å². The number of rotatable bonds is 8. The molecular formula is C21H30Cl2N2O3S2. The highest BCUT2D eigenvalue weighted by Gasteiger charge is 2.32. The molecule has 1 aliphatic carbocycles. The molecule has 1 atom stereocenters. The zero-order chi connectivity index (χ0) is 21.6. The Bertz CT molecular complexity index is 830. The van der Waals surface area contributed by atoms with Gasteiger partial charge < -0.3 is 5.32 Å². The van der Waals surface area contributed by atoms with Gasteiger partial charge >= 0.3 is 0 Å². The molecule has 1 amide bonds. The molecule has 1 unspecified atom stereocenters. The van der Waals surface area contributed by atoms with E-state index in [1.807, 2.05) is 11.8 Å².